The van der Waals surface area contributed by atoms with E-state index in [1.807, 2.05) is 25.1 Å². The molecule has 2 heterocycles. The normalized spacial score (nSPS) is 14.8. The predicted octanol–water partition coefficient (Wildman–Crippen LogP) is 3.26. The van der Waals surface area contributed by atoms with Crippen LogP contribution < -0.4 is 15.0 Å². The van der Waals surface area contributed by atoms with E-state index in [1.165, 1.54) is 32.4 Å². The predicted molar refractivity (Wildman–Crippen MR) is 113 cm³/mol. The van der Waals surface area contributed by atoms with Gasteiger partial charge in [0, 0.05) is 24.3 Å². The zero-order valence-electron chi connectivity index (χ0n) is 16.9. The number of hydrogen-bond donors (Lipinski definition) is 1. The fourth-order valence-electron chi connectivity index (χ4n) is 3.44. The molecule has 1 aliphatic heterocycles. The Morgan fingerprint density at radius 2 is 1.89 bits per heavy atom. The van der Waals surface area contributed by atoms with Crippen LogP contribution >= 0.6 is 11.8 Å². The Balaban J connectivity index is 1.69. The minimum atomic E-state index is -0.0639. The maximum absolute atomic E-state index is 12.4. The first kappa shape index (κ1) is 20.7. The van der Waals surface area contributed by atoms with E-state index < -0.39 is 0 Å². The van der Waals surface area contributed by atoms with Crippen LogP contribution in [0.5, 0.6) is 11.5 Å². The third kappa shape index (κ3) is 5.29. The number of piperidine rings is 1. The van der Waals surface area contributed by atoms with Crippen LogP contribution in [0.25, 0.3) is 0 Å². The molecule has 0 unspecified atom stereocenters. The molecule has 7 heteroatoms. The van der Waals surface area contributed by atoms with Gasteiger partial charge in [0.15, 0.2) is 16.7 Å². The molecule has 1 fully saturated rings. The molecule has 0 amide bonds. The van der Waals surface area contributed by atoms with Gasteiger partial charge in [-0.05, 0) is 50.6 Å². The molecule has 0 radical (unpaired) electrons. The van der Waals surface area contributed by atoms with E-state index in [0.717, 1.165) is 23.6 Å². The smallest absolute Gasteiger partial charge is 0.254 e. The highest BCUT2D eigenvalue weighted by Gasteiger charge is 2.13. The summed E-state index contributed by atoms with van der Waals surface area (Å²) >= 11 is 1.62. The lowest BCUT2D eigenvalue weighted by Crippen LogP contribution is -2.31. The van der Waals surface area contributed by atoms with Crippen LogP contribution in [0.3, 0.4) is 0 Å². The molecule has 0 atom stereocenters. The average Bonchev–Trinajstić information content (AvgIpc) is 2.72. The number of nitrogens with one attached hydrogen (secondary N) is 1. The third-order valence-corrected chi connectivity index (χ3v) is 6.00. The molecule has 0 bridgehead atoms. The first-order chi connectivity index (χ1) is 13.6. The molecule has 3 rings (SSSR count). The Morgan fingerprint density at radius 3 is 2.61 bits per heavy atom. The van der Waals surface area contributed by atoms with Gasteiger partial charge in [-0.1, -0.05) is 24.2 Å². The third-order valence-electron chi connectivity index (χ3n) is 5.14. The molecule has 0 aliphatic carbocycles. The van der Waals surface area contributed by atoms with Crippen molar-refractivity contribution in [2.45, 2.75) is 37.8 Å². The maximum atomic E-state index is 12.4. The SMILES string of the molecule is COc1ccc(Cc2nc(SCCN3CCCCC3)[nH]c(=O)c2C)cc1OC. The molecule has 6 nitrogen and oxygen atoms in total. The Bertz CT molecular complexity index is 847. The van der Waals surface area contributed by atoms with E-state index in [1.54, 1.807) is 26.0 Å². The maximum Gasteiger partial charge on any atom is 0.254 e. The van der Waals surface area contributed by atoms with Gasteiger partial charge < -0.3 is 19.4 Å². The number of likely N-dealkylation sites (tertiary alicyclic amines) is 1. The zero-order chi connectivity index (χ0) is 19.9. The van der Waals surface area contributed by atoms with E-state index in [4.69, 9.17) is 14.5 Å². The van der Waals surface area contributed by atoms with Crippen molar-refractivity contribution >= 4 is 11.8 Å². The molecule has 1 N–H and O–H groups in total. The highest BCUT2D eigenvalue weighted by molar-refractivity contribution is 7.99. The van der Waals surface area contributed by atoms with Crippen molar-refractivity contribution in [3.8, 4) is 11.5 Å². The lowest BCUT2D eigenvalue weighted by Gasteiger charge is -2.25. The quantitative estimate of drug-likeness (QED) is 0.539. The Morgan fingerprint density at radius 1 is 1.14 bits per heavy atom. The van der Waals surface area contributed by atoms with Crippen LogP contribution in [0.2, 0.25) is 0 Å². The summed E-state index contributed by atoms with van der Waals surface area (Å²) in [6.07, 6.45) is 4.51. The summed E-state index contributed by atoms with van der Waals surface area (Å²) in [5, 5.41) is 0.697. The van der Waals surface area contributed by atoms with E-state index >= 15 is 0 Å². The van der Waals surface area contributed by atoms with Gasteiger partial charge in [-0.15, -0.1) is 0 Å². The molecule has 2 aromatic rings. The van der Waals surface area contributed by atoms with E-state index in [9.17, 15) is 4.79 Å². The number of hydrogen-bond acceptors (Lipinski definition) is 6. The van der Waals surface area contributed by atoms with Crippen molar-refractivity contribution in [1.82, 2.24) is 14.9 Å². The molecule has 1 aromatic carbocycles. The second-order valence-corrected chi connectivity index (χ2v) is 8.14. The van der Waals surface area contributed by atoms with Crippen molar-refractivity contribution in [3.05, 3.63) is 45.4 Å². The van der Waals surface area contributed by atoms with E-state index in [2.05, 4.69) is 9.88 Å². The summed E-state index contributed by atoms with van der Waals surface area (Å²) in [7, 11) is 3.24. The van der Waals surface area contributed by atoms with Crippen LogP contribution in [0.15, 0.2) is 28.2 Å². The van der Waals surface area contributed by atoms with E-state index in [-0.39, 0.29) is 5.56 Å². The van der Waals surface area contributed by atoms with Gasteiger partial charge in [0.1, 0.15) is 0 Å². The Labute approximate surface area is 170 Å². The number of nitrogens with zero attached hydrogens (tertiary/aromatic N) is 2. The number of ether oxygens (including phenoxy) is 2. The average molecular weight is 404 g/mol. The van der Waals surface area contributed by atoms with Gasteiger partial charge >= 0.3 is 0 Å². The number of aromatic amines is 1. The molecule has 28 heavy (non-hydrogen) atoms. The number of benzene rings is 1. The van der Waals surface area contributed by atoms with Gasteiger partial charge in [0.2, 0.25) is 0 Å². The van der Waals surface area contributed by atoms with Crippen LogP contribution in [-0.4, -0.2) is 54.5 Å². The topological polar surface area (TPSA) is 67.5 Å². The Kier molecular flexibility index (Phi) is 7.39. The molecular formula is C21H29N3O3S. The van der Waals surface area contributed by atoms with Crippen LogP contribution in [0.1, 0.15) is 36.1 Å². The van der Waals surface area contributed by atoms with Gasteiger partial charge in [-0.3, -0.25) is 4.79 Å². The van der Waals surface area contributed by atoms with Crippen LogP contribution in [-0.2, 0) is 6.42 Å². The van der Waals surface area contributed by atoms with Gasteiger partial charge in [-0.25, -0.2) is 4.98 Å². The molecule has 1 saturated heterocycles. The second-order valence-electron chi connectivity index (χ2n) is 7.06. The number of thioether (sulfide) groups is 1. The summed E-state index contributed by atoms with van der Waals surface area (Å²) < 4.78 is 10.7. The number of H-pyrrole nitrogens is 1. The first-order valence-electron chi connectivity index (χ1n) is 9.76. The highest BCUT2D eigenvalue weighted by atomic mass is 32.2. The molecule has 0 spiro atoms. The van der Waals surface area contributed by atoms with Crippen molar-refractivity contribution < 1.29 is 9.47 Å². The first-order valence-corrected chi connectivity index (χ1v) is 10.7. The highest BCUT2D eigenvalue weighted by Crippen LogP contribution is 2.28. The van der Waals surface area contributed by atoms with Crippen molar-refractivity contribution in [3.63, 3.8) is 0 Å². The zero-order valence-corrected chi connectivity index (χ0v) is 17.7. The van der Waals surface area contributed by atoms with Crippen LogP contribution in [0.4, 0.5) is 0 Å². The molecular weight excluding hydrogens is 374 g/mol. The summed E-state index contributed by atoms with van der Waals surface area (Å²) in [5.74, 6) is 2.30. The van der Waals surface area contributed by atoms with E-state index in [0.29, 0.717) is 28.6 Å². The summed E-state index contributed by atoms with van der Waals surface area (Å²) in [6.45, 7) is 5.23. The molecule has 0 saturated carbocycles. The number of rotatable bonds is 8. The second kappa shape index (κ2) is 9.98. The van der Waals surface area contributed by atoms with Crippen molar-refractivity contribution in [2.24, 2.45) is 0 Å². The molecule has 1 aromatic heterocycles. The minimum Gasteiger partial charge on any atom is -0.493 e. The van der Waals surface area contributed by atoms with Gasteiger partial charge in [-0.2, -0.15) is 0 Å². The van der Waals surface area contributed by atoms with Crippen molar-refractivity contribution in [2.75, 3.05) is 39.6 Å². The van der Waals surface area contributed by atoms with Gasteiger partial charge in [0.05, 0.1) is 19.9 Å². The lowest BCUT2D eigenvalue weighted by atomic mass is 10.1. The standard InChI is InChI=1S/C21H29N3O3S/c1-15-17(13-16-7-8-18(26-2)19(14-16)27-3)22-21(23-20(15)25)28-12-11-24-9-5-4-6-10-24/h7-8,14H,4-6,9-13H2,1-3H3,(H,22,23,25). The fraction of sp³-hybridized carbons (Fsp3) is 0.524. The summed E-state index contributed by atoms with van der Waals surface area (Å²) in [4.78, 5) is 22.5. The lowest BCUT2D eigenvalue weighted by molar-refractivity contribution is 0.242. The monoisotopic (exact) mass is 403 g/mol. The van der Waals surface area contributed by atoms with Gasteiger partial charge in [0.25, 0.3) is 5.56 Å². The summed E-state index contributed by atoms with van der Waals surface area (Å²) in [5.41, 5.74) is 2.43. The Hall–Kier alpha value is -1.99. The number of methoxy groups -OCH3 is 2. The number of aromatic nitrogens is 2. The van der Waals surface area contributed by atoms with Crippen LogP contribution in [0, 0.1) is 6.92 Å². The van der Waals surface area contributed by atoms with Crippen molar-refractivity contribution in [1.29, 1.82) is 0 Å². The minimum absolute atomic E-state index is 0.0639. The molecule has 1 aliphatic rings. The molecule has 152 valence electrons. The largest absolute Gasteiger partial charge is 0.493 e. The summed E-state index contributed by atoms with van der Waals surface area (Å²) in [6, 6.07) is 5.79. The fourth-order valence-corrected chi connectivity index (χ4v) is 4.32.